The normalized spacial score (nSPS) is 25.0. The summed E-state index contributed by atoms with van der Waals surface area (Å²) in [6.07, 6.45) is 3.48. The molecule has 21 heavy (non-hydrogen) atoms. The Morgan fingerprint density at radius 1 is 1.24 bits per heavy atom. The van der Waals surface area contributed by atoms with E-state index in [1.807, 2.05) is 18.8 Å². The smallest absolute Gasteiger partial charge is 0.191 e. The summed E-state index contributed by atoms with van der Waals surface area (Å²) < 4.78 is 0. The molecule has 0 saturated carbocycles. The Hall–Kier alpha value is -0.420. The summed E-state index contributed by atoms with van der Waals surface area (Å²) in [5.74, 6) is 3.61. The average Bonchev–Trinajstić information content (AvgIpc) is 2.41. The number of hydrogen-bond donors (Lipinski definition) is 2. The molecular weight excluding hydrogens is 280 g/mol. The number of piperidine rings is 1. The SMILES string of the molecule is CN=C(NCCSC)NCC(C)(C)N1CC(C)CC(C)C1. The Kier molecular flexibility index (Phi) is 7.88. The van der Waals surface area contributed by atoms with Crippen molar-refractivity contribution in [3.05, 3.63) is 0 Å². The Balaban J connectivity index is 2.47. The molecule has 0 aromatic carbocycles. The molecule has 0 bridgehead atoms. The van der Waals surface area contributed by atoms with Gasteiger partial charge in [-0.1, -0.05) is 13.8 Å². The third kappa shape index (κ3) is 6.47. The minimum absolute atomic E-state index is 0.153. The molecule has 0 radical (unpaired) electrons. The van der Waals surface area contributed by atoms with Gasteiger partial charge in [-0.05, 0) is 38.4 Å². The molecule has 2 N–H and O–H groups in total. The lowest BCUT2D eigenvalue weighted by atomic mass is 9.88. The molecule has 1 fully saturated rings. The van der Waals surface area contributed by atoms with Gasteiger partial charge in [0, 0.05) is 44.5 Å². The summed E-state index contributed by atoms with van der Waals surface area (Å²) in [6.45, 7) is 13.7. The first kappa shape index (κ1) is 18.6. The highest BCUT2D eigenvalue weighted by atomic mass is 32.2. The molecule has 0 aromatic heterocycles. The van der Waals surface area contributed by atoms with E-state index in [1.54, 1.807) is 0 Å². The molecule has 1 saturated heterocycles. The van der Waals surface area contributed by atoms with Crippen LogP contribution in [0.15, 0.2) is 4.99 Å². The highest BCUT2D eigenvalue weighted by Gasteiger charge is 2.32. The first-order chi connectivity index (χ1) is 9.89. The van der Waals surface area contributed by atoms with Crippen LogP contribution < -0.4 is 10.6 Å². The molecule has 1 rings (SSSR count). The average molecular weight is 315 g/mol. The predicted octanol–water partition coefficient (Wildman–Crippen LogP) is 2.27. The molecule has 1 heterocycles. The topological polar surface area (TPSA) is 39.7 Å². The number of nitrogens with zero attached hydrogens (tertiary/aromatic N) is 2. The van der Waals surface area contributed by atoms with E-state index in [0.29, 0.717) is 0 Å². The predicted molar refractivity (Wildman–Crippen MR) is 96.3 cm³/mol. The van der Waals surface area contributed by atoms with Crippen molar-refractivity contribution in [1.29, 1.82) is 0 Å². The number of thioether (sulfide) groups is 1. The Labute approximate surface area is 135 Å². The van der Waals surface area contributed by atoms with Crippen molar-refractivity contribution < 1.29 is 0 Å². The maximum Gasteiger partial charge on any atom is 0.191 e. The molecule has 0 spiro atoms. The van der Waals surface area contributed by atoms with Gasteiger partial charge in [-0.15, -0.1) is 0 Å². The summed E-state index contributed by atoms with van der Waals surface area (Å²) >= 11 is 1.85. The third-order valence-electron chi connectivity index (χ3n) is 4.24. The fourth-order valence-corrected chi connectivity index (χ4v) is 3.37. The highest BCUT2D eigenvalue weighted by Crippen LogP contribution is 2.26. The van der Waals surface area contributed by atoms with Gasteiger partial charge in [0.05, 0.1) is 0 Å². The second-order valence-corrected chi connectivity index (χ2v) is 7.99. The minimum atomic E-state index is 0.153. The second-order valence-electron chi connectivity index (χ2n) is 7.01. The number of hydrogen-bond acceptors (Lipinski definition) is 3. The molecule has 2 unspecified atom stereocenters. The molecule has 2 atom stereocenters. The fourth-order valence-electron chi connectivity index (χ4n) is 3.06. The molecule has 0 amide bonds. The maximum absolute atomic E-state index is 4.30. The van der Waals surface area contributed by atoms with Crippen molar-refractivity contribution >= 4 is 17.7 Å². The summed E-state index contributed by atoms with van der Waals surface area (Å²) in [5.41, 5.74) is 0.153. The lowest BCUT2D eigenvalue weighted by molar-refractivity contribution is 0.0483. The van der Waals surface area contributed by atoms with Crippen molar-refractivity contribution in [3.8, 4) is 0 Å². The molecule has 1 aliphatic rings. The van der Waals surface area contributed by atoms with Crippen LogP contribution in [0.4, 0.5) is 0 Å². The summed E-state index contributed by atoms with van der Waals surface area (Å²) in [5, 5.41) is 6.85. The molecule has 1 aliphatic heterocycles. The van der Waals surface area contributed by atoms with Crippen LogP contribution in [0.2, 0.25) is 0 Å². The van der Waals surface area contributed by atoms with Crippen LogP contribution in [0.25, 0.3) is 0 Å². The van der Waals surface area contributed by atoms with Gasteiger partial charge in [0.15, 0.2) is 5.96 Å². The molecular formula is C16H34N4S. The summed E-state index contributed by atoms with van der Waals surface area (Å²) in [4.78, 5) is 6.94. The number of nitrogens with one attached hydrogen (secondary N) is 2. The standard InChI is InChI=1S/C16H34N4S/c1-13-9-14(2)11-20(10-13)16(3,4)12-19-15(17-5)18-7-8-21-6/h13-14H,7-12H2,1-6H3,(H2,17,18,19). The van der Waals surface area contributed by atoms with E-state index in [-0.39, 0.29) is 5.54 Å². The van der Waals surface area contributed by atoms with Gasteiger partial charge in [0.1, 0.15) is 0 Å². The molecule has 0 aliphatic carbocycles. The third-order valence-corrected chi connectivity index (χ3v) is 4.85. The van der Waals surface area contributed by atoms with Gasteiger partial charge in [-0.25, -0.2) is 0 Å². The summed E-state index contributed by atoms with van der Waals surface area (Å²) in [7, 11) is 1.84. The van der Waals surface area contributed by atoms with Crippen LogP contribution in [0.1, 0.15) is 34.1 Å². The van der Waals surface area contributed by atoms with Crippen LogP contribution in [-0.2, 0) is 0 Å². The quantitative estimate of drug-likeness (QED) is 0.448. The van der Waals surface area contributed by atoms with E-state index < -0.39 is 0 Å². The van der Waals surface area contributed by atoms with E-state index in [4.69, 9.17) is 0 Å². The zero-order chi connectivity index (χ0) is 15.9. The van der Waals surface area contributed by atoms with E-state index >= 15 is 0 Å². The van der Waals surface area contributed by atoms with Gasteiger partial charge in [-0.2, -0.15) is 11.8 Å². The highest BCUT2D eigenvalue weighted by molar-refractivity contribution is 7.98. The van der Waals surface area contributed by atoms with Gasteiger partial charge in [0.2, 0.25) is 0 Å². The van der Waals surface area contributed by atoms with Crippen LogP contribution in [0.3, 0.4) is 0 Å². The van der Waals surface area contributed by atoms with E-state index in [1.165, 1.54) is 19.5 Å². The molecule has 4 nitrogen and oxygen atoms in total. The van der Waals surface area contributed by atoms with Crippen molar-refractivity contribution in [3.63, 3.8) is 0 Å². The number of guanidine groups is 1. The Morgan fingerprint density at radius 3 is 2.38 bits per heavy atom. The monoisotopic (exact) mass is 314 g/mol. The van der Waals surface area contributed by atoms with Crippen LogP contribution in [0.5, 0.6) is 0 Å². The van der Waals surface area contributed by atoms with Crippen molar-refractivity contribution in [2.24, 2.45) is 16.8 Å². The Morgan fingerprint density at radius 2 is 1.86 bits per heavy atom. The van der Waals surface area contributed by atoms with E-state index in [2.05, 4.69) is 54.5 Å². The van der Waals surface area contributed by atoms with Gasteiger partial charge >= 0.3 is 0 Å². The van der Waals surface area contributed by atoms with Crippen molar-refractivity contribution in [1.82, 2.24) is 15.5 Å². The zero-order valence-electron chi connectivity index (χ0n) is 14.7. The number of likely N-dealkylation sites (tertiary alicyclic amines) is 1. The van der Waals surface area contributed by atoms with Gasteiger partial charge < -0.3 is 10.6 Å². The molecule has 0 aromatic rings. The Bertz CT molecular complexity index is 320. The zero-order valence-corrected chi connectivity index (χ0v) is 15.5. The van der Waals surface area contributed by atoms with Gasteiger partial charge in [0.25, 0.3) is 0 Å². The lowest BCUT2D eigenvalue weighted by Crippen LogP contribution is -2.57. The largest absolute Gasteiger partial charge is 0.356 e. The molecule has 124 valence electrons. The van der Waals surface area contributed by atoms with E-state index in [9.17, 15) is 0 Å². The number of rotatable bonds is 6. The fraction of sp³-hybridized carbons (Fsp3) is 0.938. The first-order valence-corrected chi connectivity index (χ1v) is 9.47. The summed E-state index contributed by atoms with van der Waals surface area (Å²) in [6, 6.07) is 0. The van der Waals surface area contributed by atoms with Crippen molar-refractivity contribution in [2.75, 3.05) is 45.2 Å². The van der Waals surface area contributed by atoms with Crippen LogP contribution >= 0.6 is 11.8 Å². The maximum atomic E-state index is 4.30. The minimum Gasteiger partial charge on any atom is -0.356 e. The lowest BCUT2D eigenvalue weighted by Gasteiger charge is -2.45. The van der Waals surface area contributed by atoms with Crippen LogP contribution in [0, 0.1) is 11.8 Å². The number of aliphatic imine (C=N–C) groups is 1. The first-order valence-electron chi connectivity index (χ1n) is 8.07. The van der Waals surface area contributed by atoms with Crippen molar-refractivity contribution in [2.45, 2.75) is 39.7 Å². The van der Waals surface area contributed by atoms with Gasteiger partial charge in [-0.3, -0.25) is 9.89 Å². The van der Waals surface area contributed by atoms with E-state index in [0.717, 1.165) is 36.6 Å². The van der Waals surface area contributed by atoms with Crippen LogP contribution in [-0.4, -0.2) is 61.6 Å². The second kappa shape index (κ2) is 8.89. The molecule has 5 heteroatoms.